The molecule has 1 saturated heterocycles. The van der Waals surface area contributed by atoms with Gasteiger partial charge >= 0.3 is 0 Å². The number of piperazine rings is 1. The van der Waals surface area contributed by atoms with Crippen LogP contribution in [0.1, 0.15) is 30.8 Å². The molecule has 0 saturated carbocycles. The van der Waals surface area contributed by atoms with Crippen LogP contribution < -0.4 is 0 Å². The van der Waals surface area contributed by atoms with Crippen LogP contribution in [0.5, 0.6) is 0 Å². The molecule has 2 heterocycles. The van der Waals surface area contributed by atoms with E-state index in [2.05, 4.69) is 22.9 Å². The molecule has 1 aliphatic heterocycles. The number of carbonyl (C=O) groups is 1. The van der Waals surface area contributed by atoms with Crippen molar-refractivity contribution in [2.45, 2.75) is 25.8 Å². The lowest BCUT2D eigenvalue weighted by Crippen LogP contribution is -2.49. The molecule has 3 aromatic rings. The van der Waals surface area contributed by atoms with Crippen molar-refractivity contribution in [3.8, 4) is 11.3 Å². The second kappa shape index (κ2) is 9.86. The molecule has 0 radical (unpaired) electrons. The Morgan fingerprint density at radius 3 is 2.48 bits per heavy atom. The minimum Gasteiger partial charge on any atom is -0.441 e. The van der Waals surface area contributed by atoms with E-state index in [-0.39, 0.29) is 11.9 Å². The lowest BCUT2D eigenvalue weighted by atomic mass is 10.1. The molecule has 4 rings (SSSR count). The molecular formula is C24H25Cl2N3O2. The van der Waals surface area contributed by atoms with Gasteiger partial charge in [-0.25, -0.2) is 4.98 Å². The summed E-state index contributed by atoms with van der Waals surface area (Å²) in [6.07, 6.45) is 2.57. The highest BCUT2D eigenvalue weighted by Crippen LogP contribution is 2.28. The van der Waals surface area contributed by atoms with E-state index in [0.29, 0.717) is 29.5 Å². The lowest BCUT2D eigenvalue weighted by Gasteiger charge is -2.38. The van der Waals surface area contributed by atoms with Gasteiger partial charge in [0, 0.05) is 60.7 Å². The van der Waals surface area contributed by atoms with E-state index < -0.39 is 0 Å². The van der Waals surface area contributed by atoms with E-state index >= 15 is 0 Å². The molecule has 5 nitrogen and oxygen atoms in total. The number of halogens is 2. The number of oxazole rings is 1. The largest absolute Gasteiger partial charge is 0.441 e. The summed E-state index contributed by atoms with van der Waals surface area (Å²) in [6, 6.07) is 15.6. The number of benzene rings is 2. The van der Waals surface area contributed by atoms with Crippen LogP contribution in [0.25, 0.3) is 11.3 Å². The Hall–Kier alpha value is -2.34. The molecule has 1 aromatic heterocycles. The van der Waals surface area contributed by atoms with Crippen LogP contribution in [0.4, 0.5) is 0 Å². The first kappa shape index (κ1) is 21.9. The Morgan fingerprint density at radius 2 is 1.77 bits per heavy atom. The van der Waals surface area contributed by atoms with Gasteiger partial charge in [0.15, 0.2) is 11.7 Å². The maximum Gasteiger partial charge on any atom is 0.223 e. The normalized spacial score (nSPS) is 15.8. The fourth-order valence-corrected chi connectivity index (χ4v) is 4.33. The number of carbonyl (C=O) groups excluding carboxylic acids is 1. The highest BCUT2D eigenvalue weighted by atomic mass is 35.5. The Bertz CT molecular complexity index is 1030. The number of amides is 1. The molecule has 0 aliphatic carbocycles. The molecule has 1 unspecified atom stereocenters. The average molecular weight is 458 g/mol. The minimum atomic E-state index is 0.135. The standard InChI is InChI=1S/C24H25Cl2N3O2/c1-17(20-4-2-3-5-21(20)26)28-12-14-29(15-13-28)24(30)11-10-23-27-16-22(31-23)18-6-8-19(25)9-7-18/h2-9,16-17H,10-15H2,1H3. The fourth-order valence-electron chi connectivity index (χ4n) is 3.91. The monoisotopic (exact) mass is 457 g/mol. The first-order valence-electron chi connectivity index (χ1n) is 10.5. The van der Waals surface area contributed by atoms with Crippen molar-refractivity contribution in [2.24, 2.45) is 0 Å². The second-order valence-corrected chi connectivity index (χ2v) is 8.58. The number of aryl methyl sites for hydroxylation is 1. The summed E-state index contributed by atoms with van der Waals surface area (Å²) >= 11 is 12.3. The van der Waals surface area contributed by atoms with Crippen molar-refractivity contribution in [1.29, 1.82) is 0 Å². The smallest absolute Gasteiger partial charge is 0.223 e. The van der Waals surface area contributed by atoms with Gasteiger partial charge in [0.05, 0.1) is 6.20 Å². The summed E-state index contributed by atoms with van der Waals surface area (Å²) < 4.78 is 5.81. The Labute approximate surface area is 192 Å². The predicted molar refractivity (Wildman–Crippen MR) is 123 cm³/mol. The Morgan fingerprint density at radius 1 is 1.06 bits per heavy atom. The maximum atomic E-state index is 12.7. The number of aromatic nitrogens is 1. The second-order valence-electron chi connectivity index (χ2n) is 7.74. The lowest BCUT2D eigenvalue weighted by molar-refractivity contribution is -0.133. The molecule has 31 heavy (non-hydrogen) atoms. The fraction of sp³-hybridized carbons (Fsp3) is 0.333. The van der Waals surface area contributed by atoms with Crippen LogP contribution in [0.3, 0.4) is 0 Å². The van der Waals surface area contributed by atoms with Crippen LogP contribution in [-0.4, -0.2) is 46.9 Å². The highest BCUT2D eigenvalue weighted by Gasteiger charge is 2.25. The third-order valence-corrected chi connectivity index (χ3v) is 6.40. The number of nitrogens with zero attached hydrogens (tertiary/aromatic N) is 3. The van der Waals surface area contributed by atoms with E-state index in [1.807, 2.05) is 47.4 Å². The van der Waals surface area contributed by atoms with E-state index in [1.54, 1.807) is 6.20 Å². The van der Waals surface area contributed by atoms with Crippen molar-refractivity contribution < 1.29 is 9.21 Å². The van der Waals surface area contributed by atoms with Gasteiger partial charge in [-0.2, -0.15) is 0 Å². The third kappa shape index (κ3) is 5.29. The van der Waals surface area contributed by atoms with Crippen LogP contribution in [0.2, 0.25) is 10.0 Å². The Kier molecular flexibility index (Phi) is 6.96. The average Bonchev–Trinajstić information content (AvgIpc) is 3.27. The van der Waals surface area contributed by atoms with Gasteiger partial charge in [0.1, 0.15) is 0 Å². The van der Waals surface area contributed by atoms with Crippen molar-refractivity contribution >= 4 is 29.1 Å². The van der Waals surface area contributed by atoms with Crippen LogP contribution in [0, 0.1) is 0 Å². The summed E-state index contributed by atoms with van der Waals surface area (Å²) in [5.74, 6) is 1.39. The zero-order valence-corrected chi connectivity index (χ0v) is 18.9. The van der Waals surface area contributed by atoms with E-state index in [9.17, 15) is 4.79 Å². The van der Waals surface area contributed by atoms with Gasteiger partial charge < -0.3 is 9.32 Å². The SMILES string of the molecule is CC(c1ccccc1Cl)N1CCN(C(=O)CCc2ncc(-c3ccc(Cl)cc3)o2)CC1. The summed E-state index contributed by atoms with van der Waals surface area (Å²) in [4.78, 5) is 21.3. The van der Waals surface area contributed by atoms with Crippen molar-refractivity contribution in [3.05, 3.63) is 76.2 Å². The van der Waals surface area contributed by atoms with Crippen molar-refractivity contribution in [1.82, 2.24) is 14.8 Å². The quantitative estimate of drug-likeness (QED) is 0.491. The molecule has 1 amide bonds. The van der Waals surface area contributed by atoms with Crippen LogP contribution >= 0.6 is 23.2 Å². The summed E-state index contributed by atoms with van der Waals surface area (Å²) in [5.41, 5.74) is 2.04. The molecule has 162 valence electrons. The molecule has 1 atom stereocenters. The van der Waals surface area contributed by atoms with Crippen molar-refractivity contribution in [3.63, 3.8) is 0 Å². The number of hydrogen-bond donors (Lipinski definition) is 0. The topological polar surface area (TPSA) is 49.6 Å². The Balaban J connectivity index is 1.27. The van der Waals surface area contributed by atoms with Gasteiger partial charge in [-0.1, -0.05) is 41.4 Å². The van der Waals surface area contributed by atoms with Crippen LogP contribution in [-0.2, 0) is 11.2 Å². The molecule has 2 aromatic carbocycles. The predicted octanol–water partition coefficient (Wildman–Crippen LogP) is 5.49. The summed E-state index contributed by atoms with van der Waals surface area (Å²) in [6.45, 7) is 5.26. The molecule has 1 fully saturated rings. The molecular weight excluding hydrogens is 433 g/mol. The molecule has 0 bridgehead atoms. The van der Waals surface area contributed by atoms with Gasteiger partial charge in [0.25, 0.3) is 0 Å². The summed E-state index contributed by atoms with van der Waals surface area (Å²) in [5, 5.41) is 1.47. The van der Waals surface area contributed by atoms with E-state index in [4.69, 9.17) is 27.6 Å². The highest BCUT2D eigenvalue weighted by molar-refractivity contribution is 6.31. The minimum absolute atomic E-state index is 0.135. The van der Waals surface area contributed by atoms with Gasteiger partial charge in [-0.05, 0) is 42.8 Å². The summed E-state index contributed by atoms with van der Waals surface area (Å²) in [7, 11) is 0. The first-order chi connectivity index (χ1) is 15.0. The van der Waals surface area contributed by atoms with Gasteiger partial charge in [0.2, 0.25) is 5.91 Å². The van der Waals surface area contributed by atoms with E-state index in [0.717, 1.165) is 42.3 Å². The van der Waals surface area contributed by atoms with E-state index in [1.165, 1.54) is 0 Å². The van der Waals surface area contributed by atoms with Crippen LogP contribution in [0.15, 0.2) is 59.1 Å². The van der Waals surface area contributed by atoms with Crippen molar-refractivity contribution in [2.75, 3.05) is 26.2 Å². The molecule has 7 heteroatoms. The molecule has 1 aliphatic rings. The zero-order chi connectivity index (χ0) is 21.8. The van der Waals surface area contributed by atoms with Gasteiger partial charge in [-0.3, -0.25) is 9.69 Å². The molecule has 0 N–H and O–H groups in total. The van der Waals surface area contributed by atoms with Gasteiger partial charge in [-0.15, -0.1) is 0 Å². The molecule has 0 spiro atoms. The number of hydrogen-bond acceptors (Lipinski definition) is 4. The maximum absolute atomic E-state index is 12.7. The third-order valence-electron chi connectivity index (χ3n) is 5.81. The zero-order valence-electron chi connectivity index (χ0n) is 17.4. The number of rotatable bonds is 6. The first-order valence-corrected chi connectivity index (χ1v) is 11.2.